The molecule has 10 nitrogen and oxygen atoms in total. The first-order chi connectivity index (χ1) is 18.5. The van der Waals surface area contributed by atoms with Crippen molar-refractivity contribution in [2.75, 3.05) is 7.11 Å². The summed E-state index contributed by atoms with van der Waals surface area (Å²) in [7, 11) is 2.72. The molecule has 1 amide bonds. The Hall–Kier alpha value is -4.41. The zero-order valence-corrected chi connectivity index (χ0v) is 22.1. The van der Waals surface area contributed by atoms with Gasteiger partial charge in [-0.2, -0.15) is 0 Å². The Bertz CT molecular complexity index is 1720. The second-order valence-corrected chi connectivity index (χ2v) is 9.35. The lowest BCUT2D eigenvalue weighted by molar-refractivity contribution is -0.139. The predicted molar refractivity (Wildman–Crippen MR) is 145 cm³/mol. The van der Waals surface area contributed by atoms with Crippen molar-refractivity contribution in [1.29, 1.82) is 0 Å². The molecule has 2 N–H and O–H groups in total. The van der Waals surface area contributed by atoms with Crippen LogP contribution in [-0.4, -0.2) is 45.2 Å². The number of carbonyl (C=O) groups is 3. The van der Waals surface area contributed by atoms with Gasteiger partial charge >= 0.3 is 17.6 Å². The van der Waals surface area contributed by atoms with Gasteiger partial charge in [-0.05, 0) is 48.0 Å². The van der Waals surface area contributed by atoms with Crippen molar-refractivity contribution in [3.63, 3.8) is 0 Å². The molecule has 4 aromatic rings. The van der Waals surface area contributed by atoms with E-state index in [0.29, 0.717) is 11.1 Å². The maximum atomic E-state index is 13.3. The van der Waals surface area contributed by atoms with Crippen molar-refractivity contribution in [2.45, 2.75) is 12.5 Å². The highest BCUT2D eigenvalue weighted by atomic mass is 35.5. The summed E-state index contributed by atoms with van der Waals surface area (Å²) in [5.74, 6) is -2.65. The van der Waals surface area contributed by atoms with Crippen molar-refractivity contribution in [3.8, 4) is 5.69 Å². The third kappa shape index (κ3) is 5.43. The van der Waals surface area contributed by atoms with Gasteiger partial charge in [-0.3, -0.25) is 14.2 Å². The number of halogens is 2. The average Bonchev–Trinajstić information content (AvgIpc) is 2.91. The van der Waals surface area contributed by atoms with Gasteiger partial charge in [-0.15, -0.1) is 0 Å². The Balaban J connectivity index is 1.65. The first-order valence-corrected chi connectivity index (χ1v) is 12.2. The fourth-order valence-corrected chi connectivity index (χ4v) is 4.66. The number of esters is 1. The van der Waals surface area contributed by atoms with Crippen molar-refractivity contribution in [1.82, 2.24) is 14.5 Å². The summed E-state index contributed by atoms with van der Waals surface area (Å²) >= 11 is 12.1. The minimum atomic E-state index is -1.32. The van der Waals surface area contributed by atoms with Crippen LogP contribution in [0.4, 0.5) is 0 Å². The minimum Gasteiger partial charge on any atom is -0.480 e. The van der Waals surface area contributed by atoms with Crippen LogP contribution in [0.2, 0.25) is 10.0 Å². The number of hydrogen-bond donors (Lipinski definition) is 2. The molecular formula is C27H21Cl2N3O7. The number of aryl methyl sites for hydroxylation is 1. The Kier molecular flexibility index (Phi) is 7.89. The van der Waals surface area contributed by atoms with Gasteiger partial charge in [0, 0.05) is 13.5 Å². The molecule has 200 valence electrons. The number of fused-ring (bicyclic) bond motifs is 1. The van der Waals surface area contributed by atoms with E-state index in [2.05, 4.69) is 5.32 Å². The van der Waals surface area contributed by atoms with Gasteiger partial charge in [-0.1, -0.05) is 41.4 Å². The molecule has 3 aromatic carbocycles. The fourth-order valence-electron chi connectivity index (χ4n) is 4.09. The summed E-state index contributed by atoms with van der Waals surface area (Å²) in [6.07, 6.45) is -0.101. The number of rotatable bonds is 7. The van der Waals surface area contributed by atoms with Crippen molar-refractivity contribution < 1.29 is 24.2 Å². The molecule has 0 bridgehead atoms. The van der Waals surface area contributed by atoms with E-state index in [-0.39, 0.29) is 38.7 Å². The maximum Gasteiger partial charge on any atom is 0.337 e. The van der Waals surface area contributed by atoms with Gasteiger partial charge < -0.3 is 15.2 Å². The van der Waals surface area contributed by atoms with Crippen LogP contribution in [0.25, 0.3) is 16.6 Å². The third-order valence-corrected chi connectivity index (χ3v) is 6.75. The first kappa shape index (κ1) is 27.6. The van der Waals surface area contributed by atoms with E-state index < -0.39 is 35.1 Å². The van der Waals surface area contributed by atoms with Crippen LogP contribution in [0, 0.1) is 0 Å². The number of carboxylic acids is 1. The number of aromatic nitrogens is 2. The van der Waals surface area contributed by atoms with E-state index >= 15 is 0 Å². The molecule has 0 unspecified atom stereocenters. The zero-order valence-electron chi connectivity index (χ0n) is 20.6. The Morgan fingerprint density at radius 3 is 2.23 bits per heavy atom. The number of benzene rings is 3. The average molecular weight is 570 g/mol. The highest BCUT2D eigenvalue weighted by Crippen LogP contribution is 2.24. The van der Waals surface area contributed by atoms with Gasteiger partial charge in [-0.25, -0.2) is 19.0 Å². The van der Waals surface area contributed by atoms with Crippen LogP contribution in [0.5, 0.6) is 0 Å². The fraction of sp³-hybridized carbons (Fsp3) is 0.148. The van der Waals surface area contributed by atoms with Crippen molar-refractivity contribution >= 4 is 52.0 Å². The molecule has 0 spiro atoms. The maximum absolute atomic E-state index is 13.3. The molecule has 0 aliphatic carbocycles. The lowest BCUT2D eigenvalue weighted by Gasteiger charge is -2.16. The number of nitrogens with zero attached hydrogens (tertiary/aromatic N) is 2. The predicted octanol–water partition coefficient (Wildman–Crippen LogP) is 3.21. The molecule has 0 fully saturated rings. The molecule has 0 aliphatic rings. The molecule has 39 heavy (non-hydrogen) atoms. The van der Waals surface area contributed by atoms with E-state index in [1.54, 1.807) is 18.2 Å². The van der Waals surface area contributed by atoms with Gasteiger partial charge in [0.05, 0.1) is 44.9 Å². The Morgan fingerprint density at radius 2 is 1.64 bits per heavy atom. The van der Waals surface area contributed by atoms with Gasteiger partial charge in [0.2, 0.25) is 0 Å². The normalized spacial score (nSPS) is 11.7. The Morgan fingerprint density at radius 1 is 1.00 bits per heavy atom. The molecule has 0 saturated heterocycles. The molecule has 0 saturated carbocycles. The molecule has 1 atom stereocenters. The van der Waals surface area contributed by atoms with E-state index in [9.17, 15) is 29.1 Å². The lowest BCUT2D eigenvalue weighted by atomic mass is 10.0. The number of methoxy groups -OCH3 is 1. The number of amides is 1. The zero-order chi connectivity index (χ0) is 28.4. The molecule has 4 rings (SSSR count). The largest absolute Gasteiger partial charge is 0.480 e. The van der Waals surface area contributed by atoms with E-state index in [0.717, 1.165) is 4.57 Å². The smallest absolute Gasteiger partial charge is 0.337 e. The van der Waals surface area contributed by atoms with Crippen LogP contribution in [-0.2, 0) is 23.0 Å². The Labute approximate surface area is 231 Å². The third-order valence-electron chi connectivity index (χ3n) is 6.12. The van der Waals surface area contributed by atoms with Crippen LogP contribution < -0.4 is 16.6 Å². The standard InChI is InChI=1S/C27H21Cl2N3O7/c1-31-21-11-8-15(26(37)39-2)13-17(21)24(34)32(27(31)38)16-9-6-14(7-10-16)12-20(25(35)36)30-23(33)22-18(28)4-3-5-19(22)29/h3-11,13,20H,12H2,1-2H3,(H,30,33)(H,35,36)/t20-/m0/s1. The topological polar surface area (TPSA) is 137 Å². The summed E-state index contributed by atoms with van der Waals surface area (Å²) in [6.45, 7) is 0. The number of aliphatic carboxylic acids is 1. The molecule has 1 heterocycles. The summed E-state index contributed by atoms with van der Waals surface area (Å²) in [6, 6.07) is 13.5. The van der Waals surface area contributed by atoms with Crippen molar-refractivity contribution in [2.24, 2.45) is 7.05 Å². The molecular weight excluding hydrogens is 549 g/mol. The van der Waals surface area contributed by atoms with Gasteiger partial charge in [0.1, 0.15) is 6.04 Å². The molecule has 12 heteroatoms. The van der Waals surface area contributed by atoms with Crippen molar-refractivity contribution in [3.05, 3.63) is 108 Å². The van der Waals surface area contributed by atoms with Crippen LogP contribution >= 0.6 is 23.2 Å². The summed E-state index contributed by atoms with van der Waals surface area (Å²) in [4.78, 5) is 62.8. The summed E-state index contributed by atoms with van der Waals surface area (Å²) < 4.78 is 6.95. The molecule has 0 radical (unpaired) electrons. The van der Waals surface area contributed by atoms with Gasteiger partial charge in [0.25, 0.3) is 11.5 Å². The van der Waals surface area contributed by atoms with E-state index in [1.807, 2.05) is 0 Å². The highest BCUT2D eigenvalue weighted by Gasteiger charge is 2.24. The van der Waals surface area contributed by atoms with E-state index in [4.69, 9.17) is 27.9 Å². The second-order valence-electron chi connectivity index (χ2n) is 8.54. The number of carbonyl (C=O) groups excluding carboxylic acids is 2. The number of hydrogen-bond acceptors (Lipinski definition) is 6. The first-order valence-electron chi connectivity index (χ1n) is 11.4. The van der Waals surface area contributed by atoms with Crippen LogP contribution in [0.1, 0.15) is 26.3 Å². The summed E-state index contributed by atoms with van der Waals surface area (Å²) in [5.41, 5.74) is -0.0583. The lowest BCUT2D eigenvalue weighted by Crippen LogP contribution is -2.42. The molecule has 1 aromatic heterocycles. The monoisotopic (exact) mass is 569 g/mol. The number of ether oxygens (including phenoxy) is 1. The number of carboxylic acid groups (broad SMARTS) is 1. The SMILES string of the molecule is COC(=O)c1ccc2c(c1)c(=O)n(-c1ccc(C[C@H](NC(=O)c3c(Cl)cccc3Cl)C(=O)O)cc1)c(=O)n2C. The second kappa shape index (κ2) is 11.1. The van der Waals surface area contributed by atoms with Crippen LogP contribution in [0.3, 0.4) is 0 Å². The number of nitrogens with one attached hydrogen (secondary N) is 1. The van der Waals surface area contributed by atoms with Gasteiger partial charge in [0.15, 0.2) is 0 Å². The highest BCUT2D eigenvalue weighted by molar-refractivity contribution is 6.39. The summed E-state index contributed by atoms with van der Waals surface area (Å²) in [5, 5.41) is 12.4. The minimum absolute atomic E-state index is 0.0377. The molecule has 0 aliphatic heterocycles. The quantitative estimate of drug-likeness (QED) is 0.326. The van der Waals surface area contributed by atoms with E-state index in [1.165, 1.54) is 61.2 Å². The van der Waals surface area contributed by atoms with Crippen LogP contribution in [0.15, 0.2) is 70.3 Å².